The predicted octanol–water partition coefficient (Wildman–Crippen LogP) is 4.29. The van der Waals surface area contributed by atoms with Crippen molar-refractivity contribution in [3.63, 3.8) is 0 Å². The number of aromatic nitrogens is 1. The summed E-state index contributed by atoms with van der Waals surface area (Å²) in [4.78, 5) is 4.42. The molecular formula is C14H11BrFN. The SMILES string of the molecule is CC1(C)c2cccnc2-c2ccc(F)c(Br)c21. The van der Waals surface area contributed by atoms with Gasteiger partial charge in [-0.2, -0.15) is 0 Å². The Morgan fingerprint density at radius 3 is 2.76 bits per heavy atom. The van der Waals surface area contributed by atoms with Crippen LogP contribution in [0, 0.1) is 5.82 Å². The molecule has 3 heteroatoms. The van der Waals surface area contributed by atoms with Crippen LogP contribution in [0.4, 0.5) is 4.39 Å². The Balaban J connectivity index is 2.44. The highest BCUT2D eigenvalue weighted by molar-refractivity contribution is 9.10. The molecule has 1 aliphatic rings. The first-order valence-electron chi connectivity index (χ1n) is 5.48. The molecule has 17 heavy (non-hydrogen) atoms. The number of nitrogens with zero attached hydrogens (tertiary/aromatic N) is 1. The first kappa shape index (κ1) is 10.9. The maximum Gasteiger partial charge on any atom is 0.137 e. The van der Waals surface area contributed by atoms with Crippen LogP contribution in [0.3, 0.4) is 0 Å². The largest absolute Gasteiger partial charge is 0.256 e. The van der Waals surface area contributed by atoms with Gasteiger partial charge in [0.25, 0.3) is 0 Å². The Morgan fingerprint density at radius 2 is 2.00 bits per heavy atom. The molecular weight excluding hydrogens is 281 g/mol. The summed E-state index contributed by atoms with van der Waals surface area (Å²) in [5.41, 5.74) is 3.93. The summed E-state index contributed by atoms with van der Waals surface area (Å²) in [6.45, 7) is 4.20. The summed E-state index contributed by atoms with van der Waals surface area (Å²) in [7, 11) is 0. The number of halogens is 2. The van der Waals surface area contributed by atoms with Gasteiger partial charge in [-0.25, -0.2) is 4.39 Å². The van der Waals surface area contributed by atoms with Gasteiger partial charge in [-0.05, 0) is 45.3 Å². The zero-order valence-electron chi connectivity index (χ0n) is 9.59. The molecule has 1 aromatic heterocycles. The van der Waals surface area contributed by atoms with Crippen molar-refractivity contribution in [2.24, 2.45) is 0 Å². The molecule has 0 fully saturated rings. The van der Waals surface area contributed by atoms with Crippen LogP contribution in [0.1, 0.15) is 25.0 Å². The van der Waals surface area contributed by atoms with E-state index in [4.69, 9.17) is 0 Å². The van der Waals surface area contributed by atoms with Crippen LogP contribution in [0.25, 0.3) is 11.3 Å². The average molecular weight is 292 g/mol. The van der Waals surface area contributed by atoms with E-state index in [1.807, 2.05) is 12.1 Å². The standard InChI is InChI=1S/C14H11BrFN/c1-14(2)9-4-3-7-17-13(9)8-5-6-10(16)12(15)11(8)14/h3-7H,1-2H3. The minimum Gasteiger partial charge on any atom is -0.256 e. The molecule has 0 aliphatic heterocycles. The van der Waals surface area contributed by atoms with E-state index in [2.05, 4.69) is 40.8 Å². The van der Waals surface area contributed by atoms with Crippen LogP contribution in [-0.2, 0) is 5.41 Å². The lowest BCUT2D eigenvalue weighted by Crippen LogP contribution is -2.16. The Bertz CT molecular complexity index is 620. The number of hydrogen-bond donors (Lipinski definition) is 0. The zero-order chi connectivity index (χ0) is 12.2. The predicted molar refractivity (Wildman–Crippen MR) is 69.5 cm³/mol. The Hall–Kier alpha value is -1.22. The smallest absolute Gasteiger partial charge is 0.137 e. The van der Waals surface area contributed by atoms with Crippen LogP contribution < -0.4 is 0 Å². The maximum absolute atomic E-state index is 13.7. The van der Waals surface area contributed by atoms with Gasteiger partial charge in [0.1, 0.15) is 5.82 Å². The van der Waals surface area contributed by atoms with Gasteiger partial charge in [0, 0.05) is 17.2 Å². The van der Waals surface area contributed by atoms with Crippen molar-refractivity contribution >= 4 is 15.9 Å². The van der Waals surface area contributed by atoms with E-state index >= 15 is 0 Å². The number of fused-ring (bicyclic) bond motifs is 3. The molecule has 0 amide bonds. The lowest BCUT2D eigenvalue weighted by atomic mass is 9.83. The number of pyridine rings is 1. The first-order valence-corrected chi connectivity index (χ1v) is 6.27. The molecule has 3 rings (SSSR count). The second kappa shape index (κ2) is 3.39. The summed E-state index contributed by atoms with van der Waals surface area (Å²) >= 11 is 3.36. The number of benzene rings is 1. The van der Waals surface area contributed by atoms with Crippen LogP contribution in [-0.4, -0.2) is 4.98 Å². The van der Waals surface area contributed by atoms with Crippen LogP contribution in [0.15, 0.2) is 34.9 Å². The summed E-state index contributed by atoms with van der Waals surface area (Å²) in [6, 6.07) is 7.29. The van der Waals surface area contributed by atoms with Gasteiger partial charge >= 0.3 is 0 Å². The molecule has 0 radical (unpaired) electrons. The van der Waals surface area contributed by atoms with E-state index in [1.54, 1.807) is 6.20 Å². The molecule has 86 valence electrons. The van der Waals surface area contributed by atoms with E-state index in [-0.39, 0.29) is 11.2 Å². The molecule has 1 nitrogen and oxygen atoms in total. The van der Waals surface area contributed by atoms with E-state index < -0.39 is 0 Å². The molecule has 2 aromatic rings. The average Bonchev–Trinajstić information content (AvgIpc) is 2.54. The van der Waals surface area contributed by atoms with Crippen LogP contribution in [0.2, 0.25) is 0 Å². The van der Waals surface area contributed by atoms with Gasteiger partial charge in [0.15, 0.2) is 0 Å². The fourth-order valence-corrected chi connectivity index (χ4v) is 3.46. The summed E-state index contributed by atoms with van der Waals surface area (Å²) < 4.78 is 14.2. The van der Waals surface area contributed by atoms with E-state index in [0.717, 1.165) is 22.4 Å². The van der Waals surface area contributed by atoms with Crippen molar-refractivity contribution in [2.45, 2.75) is 19.3 Å². The Kier molecular flexibility index (Phi) is 2.17. The third-order valence-electron chi connectivity index (χ3n) is 3.46. The minimum absolute atomic E-state index is 0.208. The van der Waals surface area contributed by atoms with Crippen molar-refractivity contribution in [3.8, 4) is 11.3 Å². The van der Waals surface area contributed by atoms with Crippen molar-refractivity contribution in [3.05, 3.63) is 51.9 Å². The summed E-state index contributed by atoms with van der Waals surface area (Å²) in [5, 5.41) is 0. The highest BCUT2D eigenvalue weighted by Crippen LogP contribution is 2.50. The van der Waals surface area contributed by atoms with E-state index in [0.29, 0.717) is 4.47 Å². The maximum atomic E-state index is 13.7. The van der Waals surface area contributed by atoms with E-state index in [1.165, 1.54) is 6.07 Å². The Morgan fingerprint density at radius 1 is 1.24 bits per heavy atom. The molecule has 0 bridgehead atoms. The normalized spacial score (nSPS) is 15.5. The van der Waals surface area contributed by atoms with Gasteiger partial charge in [0.05, 0.1) is 10.2 Å². The van der Waals surface area contributed by atoms with E-state index in [9.17, 15) is 4.39 Å². The van der Waals surface area contributed by atoms with Crippen molar-refractivity contribution < 1.29 is 4.39 Å². The fraction of sp³-hybridized carbons (Fsp3) is 0.214. The van der Waals surface area contributed by atoms with Gasteiger partial charge in [-0.15, -0.1) is 0 Å². The molecule has 0 saturated heterocycles. The van der Waals surface area contributed by atoms with Gasteiger partial charge in [-0.3, -0.25) is 4.98 Å². The highest BCUT2D eigenvalue weighted by atomic mass is 79.9. The number of hydrogen-bond acceptors (Lipinski definition) is 1. The summed E-state index contributed by atoms with van der Waals surface area (Å²) in [6.07, 6.45) is 1.78. The molecule has 0 saturated carbocycles. The quantitative estimate of drug-likeness (QED) is 0.706. The monoisotopic (exact) mass is 291 g/mol. The second-order valence-electron chi connectivity index (χ2n) is 4.81. The molecule has 1 aromatic carbocycles. The zero-order valence-corrected chi connectivity index (χ0v) is 11.2. The van der Waals surface area contributed by atoms with Crippen LogP contribution >= 0.6 is 15.9 Å². The molecule has 0 N–H and O–H groups in total. The Labute approximate surface area is 108 Å². The lowest BCUT2D eigenvalue weighted by Gasteiger charge is -2.22. The topological polar surface area (TPSA) is 12.9 Å². The molecule has 0 unspecified atom stereocenters. The first-order chi connectivity index (χ1) is 8.03. The second-order valence-corrected chi connectivity index (χ2v) is 5.60. The fourth-order valence-electron chi connectivity index (χ4n) is 2.62. The van der Waals surface area contributed by atoms with Gasteiger partial charge < -0.3 is 0 Å². The third-order valence-corrected chi connectivity index (χ3v) is 4.23. The highest BCUT2D eigenvalue weighted by Gasteiger charge is 2.38. The van der Waals surface area contributed by atoms with Gasteiger partial charge in [-0.1, -0.05) is 19.9 Å². The molecule has 0 atom stereocenters. The number of rotatable bonds is 0. The third kappa shape index (κ3) is 1.32. The summed E-state index contributed by atoms with van der Waals surface area (Å²) in [5.74, 6) is -0.218. The van der Waals surface area contributed by atoms with Crippen molar-refractivity contribution in [1.82, 2.24) is 4.98 Å². The molecule has 0 spiro atoms. The molecule has 1 aliphatic carbocycles. The lowest BCUT2D eigenvalue weighted by molar-refractivity contribution is 0.600. The minimum atomic E-state index is -0.218. The van der Waals surface area contributed by atoms with Crippen molar-refractivity contribution in [2.75, 3.05) is 0 Å². The van der Waals surface area contributed by atoms with Gasteiger partial charge in [0.2, 0.25) is 0 Å². The van der Waals surface area contributed by atoms with Crippen molar-refractivity contribution in [1.29, 1.82) is 0 Å². The van der Waals surface area contributed by atoms with Crippen LogP contribution in [0.5, 0.6) is 0 Å². The molecule has 1 heterocycles.